The zero-order valence-electron chi connectivity index (χ0n) is 15.3. The molecule has 2 aromatic rings. The zero-order valence-corrected chi connectivity index (χ0v) is 18.5. The van der Waals surface area contributed by atoms with E-state index < -0.39 is 0 Å². The van der Waals surface area contributed by atoms with Gasteiger partial charge in [-0.05, 0) is 25.8 Å². The summed E-state index contributed by atoms with van der Waals surface area (Å²) in [6, 6.07) is 0. The van der Waals surface area contributed by atoms with Gasteiger partial charge in [0.2, 0.25) is 0 Å². The molecule has 2 aromatic heterocycles. The second kappa shape index (κ2) is 8.98. The first-order valence-corrected chi connectivity index (χ1v) is 9.25. The molecule has 0 saturated carbocycles. The normalized spacial score (nSPS) is 17.7. The number of likely N-dealkylation sites (tertiary alicyclic amines) is 1. The van der Waals surface area contributed by atoms with E-state index in [0.29, 0.717) is 5.92 Å². The summed E-state index contributed by atoms with van der Waals surface area (Å²) >= 11 is 1.79. The number of thiazole rings is 1. The van der Waals surface area contributed by atoms with Crippen LogP contribution in [0, 0.1) is 13.8 Å². The van der Waals surface area contributed by atoms with Gasteiger partial charge in [-0.3, -0.25) is 9.67 Å². The van der Waals surface area contributed by atoms with Crippen molar-refractivity contribution in [1.82, 2.24) is 25.0 Å². The maximum absolute atomic E-state index is 4.49. The lowest BCUT2D eigenvalue weighted by molar-refractivity contribution is 0.486. The van der Waals surface area contributed by atoms with E-state index in [9.17, 15) is 0 Å². The van der Waals surface area contributed by atoms with Crippen molar-refractivity contribution in [2.75, 3.05) is 26.7 Å². The second-order valence-electron chi connectivity index (χ2n) is 6.34. The third-order valence-corrected chi connectivity index (χ3v) is 5.66. The maximum Gasteiger partial charge on any atom is 0.193 e. The molecular weight excluding hydrogens is 447 g/mol. The first-order valence-electron chi connectivity index (χ1n) is 8.44. The Morgan fingerprint density at radius 3 is 2.84 bits per heavy atom. The Balaban J connectivity index is 0.00000225. The number of aryl methyl sites for hydroxylation is 3. The highest BCUT2D eigenvalue weighted by molar-refractivity contribution is 14.0. The van der Waals surface area contributed by atoms with Crippen LogP contribution in [0.25, 0.3) is 0 Å². The Labute approximate surface area is 170 Å². The van der Waals surface area contributed by atoms with Crippen molar-refractivity contribution in [2.24, 2.45) is 12.0 Å². The van der Waals surface area contributed by atoms with Gasteiger partial charge < -0.3 is 10.2 Å². The minimum absolute atomic E-state index is 0. The molecule has 1 fully saturated rings. The standard InChI is InChI=1S/C17H26N6S.HI/c1-12-16(24-13(2)21-12)5-7-19-17(18-3)23-8-6-14(11-23)15-9-20-22(4)10-15;/h9-10,14H,5-8,11H2,1-4H3,(H,18,19);1H. The first-order chi connectivity index (χ1) is 11.6. The summed E-state index contributed by atoms with van der Waals surface area (Å²) in [4.78, 5) is 12.7. The summed E-state index contributed by atoms with van der Waals surface area (Å²) in [5, 5.41) is 8.94. The third-order valence-electron chi connectivity index (χ3n) is 4.53. The van der Waals surface area contributed by atoms with E-state index in [1.54, 1.807) is 11.3 Å². The summed E-state index contributed by atoms with van der Waals surface area (Å²) in [6.45, 7) is 7.09. The van der Waals surface area contributed by atoms with Gasteiger partial charge in [0.15, 0.2) is 5.96 Å². The first kappa shape index (κ1) is 20.2. The molecule has 1 unspecified atom stereocenters. The Bertz CT molecular complexity index is 723. The molecule has 0 bridgehead atoms. The van der Waals surface area contributed by atoms with Crippen molar-refractivity contribution < 1.29 is 0 Å². The van der Waals surface area contributed by atoms with Gasteiger partial charge in [-0.2, -0.15) is 5.10 Å². The molecule has 25 heavy (non-hydrogen) atoms. The van der Waals surface area contributed by atoms with Gasteiger partial charge >= 0.3 is 0 Å². The van der Waals surface area contributed by atoms with Gasteiger partial charge in [-0.1, -0.05) is 0 Å². The number of nitrogens with one attached hydrogen (secondary N) is 1. The summed E-state index contributed by atoms with van der Waals surface area (Å²) in [5.74, 6) is 1.55. The number of guanidine groups is 1. The summed E-state index contributed by atoms with van der Waals surface area (Å²) in [6.07, 6.45) is 6.26. The van der Waals surface area contributed by atoms with Gasteiger partial charge in [-0.25, -0.2) is 4.98 Å². The van der Waals surface area contributed by atoms with Crippen molar-refractivity contribution in [3.8, 4) is 0 Å². The highest BCUT2D eigenvalue weighted by Gasteiger charge is 2.26. The molecule has 8 heteroatoms. The molecule has 3 heterocycles. The molecule has 6 nitrogen and oxygen atoms in total. The van der Waals surface area contributed by atoms with E-state index in [0.717, 1.165) is 49.1 Å². The molecule has 1 aliphatic heterocycles. The number of hydrogen-bond acceptors (Lipinski definition) is 4. The lowest BCUT2D eigenvalue weighted by Crippen LogP contribution is -2.40. The summed E-state index contributed by atoms with van der Waals surface area (Å²) in [5.41, 5.74) is 2.48. The minimum atomic E-state index is 0. The second-order valence-corrected chi connectivity index (χ2v) is 7.63. The van der Waals surface area contributed by atoms with Crippen molar-refractivity contribution in [3.63, 3.8) is 0 Å². The van der Waals surface area contributed by atoms with Crippen LogP contribution in [-0.2, 0) is 13.5 Å². The van der Waals surface area contributed by atoms with E-state index >= 15 is 0 Å². The molecule has 0 amide bonds. The number of aromatic nitrogens is 3. The van der Waals surface area contributed by atoms with Crippen LogP contribution in [0.1, 0.15) is 33.5 Å². The van der Waals surface area contributed by atoms with Gasteiger partial charge in [0.25, 0.3) is 0 Å². The number of rotatable bonds is 4. The van der Waals surface area contributed by atoms with Gasteiger partial charge in [0, 0.05) is 57.1 Å². The molecule has 1 N–H and O–H groups in total. The molecule has 138 valence electrons. The Kier molecular flexibility index (Phi) is 7.24. The number of aliphatic imine (C=N–C) groups is 1. The van der Waals surface area contributed by atoms with Crippen molar-refractivity contribution in [2.45, 2.75) is 32.6 Å². The predicted octanol–water partition coefficient (Wildman–Crippen LogP) is 2.72. The van der Waals surface area contributed by atoms with E-state index in [2.05, 4.69) is 45.3 Å². The van der Waals surface area contributed by atoms with Crippen LogP contribution in [0.5, 0.6) is 0 Å². The van der Waals surface area contributed by atoms with Gasteiger partial charge in [-0.15, -0.1) is 35.3 Å². The molecule has 1 atom stereocenters. The smallest absolute Gasteiger partial charge is 0.193 e. The third kappa shape index (κ3) is 4.93. The van der Waals surface area contributed by atoms with Crippen LogP contribution in [0.3, 0.4) is 0 Å². The van der Waals surface area contributed by atoms with Crippen LogP contribution in [-0.4, -0.2) is 52.3 Å². The van der Waals surface area contributed by atoms with E-state index in [-0.39, 0.29) is 24.0 Å². The van der Waals surface area contributed by atoms with Gasteiger partial charge in [0.1, 0.15) is 0 Å². The quantitative estimate of drug-likeness (QED) is 0.421. The van der Waals surface area contributed by atoms with Gasteiger partial charge in [0.05, 0.1) is 16.9 Å². The molecule has 0 radical (unpaired) electrons. The van der Waals surface area contributed by atoms with Crippen LogP contribution >= 0.6 is 35.3 Å². The topological polar surface area (TPSA) is 58.3 Å². The number of hydrogen-bond donors (Lipinski definition) is 1. The summed E-state index contributed by atoms with van der Waals surface area (Å²) < 4.78 is 1.88. The van der Waals surface area contributed by atoms with E-state index in [4.69, 9.17) is 0 Å². The summed E-state index contributed by atoms with van der Waals surface area (Å²) in [7, 11) is 3.83. The Morgan fingerprint density at radius 2 is 2.24 bits per heavy atom. The van der Waals surface area contributed by atoms with Crippen LogP contribution in [0.4, 0.5) is 0 Å². The fraction of sp³-hybridized carbons (Fsp3) is 0.588. The average molecular weight is 474 g/mol. The largest absolute Gasteiger partial charge is 0.356 e. The number of nitrogens with zero attached hydrogens (tertiary/aromatic N) is 5. The average Bonchev–Trinajstić information content (AvgIpc) is 3.25. The highest BCUT2D eigenvalue weighted by Crippen LogP contribution is 2.26. The Hall–Kier alpha value is -1.16. The predicted molar refractivity (Wildman–Crippen MR) is 114 cm³/mol. The lowest BCUT2D eigenvalue weighted by Gasteiger charge is -2.21. The minimum Gasteiger partial charge on any atom is -0.356 e. The van der Waals surface area contributed by atoms with Crippen molar-refractivity contribution in [1.29, 1.82) is 0 Å². The zero-order chi connectivity index (χ0) is 17.1. The van der Waals surface area contributed by atoms with Crippen molar-refractivity contribution >= 4 is 41.3 Å². The van der Waals surface area contributed by atoms with Crippen molar-refractivity contribution in [3.05, 3.63) is 33.5 Å². The fourth-order valence-electron chi connectivity index (χ4n) is 3.30. The number of halogens is 1. The molecule has 0 spiro atoms. The molecule has 3 rings (SSSR count). The van der Waals surface area contributed by atoms with E-state index in [1.807, 2.05) is 25.0 Å². The molecule has 0 aliphatic carbocycles. The monoisotopic (exact) mass is 474 g/mol. The molecule has 1 aliphatic rings. The van der Waals surface area contributed by atoms with Crippen LogP contribution in [0.2, 0.25) is 0 Å². The molecule has 1 saturated heterocycles. The SMILES string of the molecule is CN=C(NCCc1sc(C)nc1C)N1CCC(c2cnn(C)c2)C1.I. The van der Waals surface area contributed by atoms with E-state index in [1.165, 1.54) is 10.4 Å². The molecule has 0 aromatic carbocycles. The lowest BCUT2D eigenvalue weighted by atomic mass is 10.0. The Morgan fingerprint density at radius 1 is 1.44 bits per heavy atom. The maximum atomic E-state index is 4.49. The fourth-order valence-corrected chi connectivity index (χ4v) is 4.24. The van der Waals surface area contributed by atoms with Crippen LogP contribution in [0.15, 0.2) is 17.4 Å². The van der Waals surface area contributed by atoms with Crippen LogP contribution < -0.4 is 5.32 Å². The molecular formula is C17H27IN6S. The highest BCUT2D eigenvalue weighted by atomic mass is 127.